The number of carbonyl (C=O) groups excluding carboxylic acids is 2. The van der Waals surface area contributed by atoms with Crippen LogP contribution in [-0.4, -0.2) is 39.0 Å². The van der Waals surface area contributed by atoms with Crippen molar-refractivity contribution >= 4 is 11.6 Å². The Morgan fingerprint density at radius 3 is 1.38 bits per heavy atom. The SMILES string of the molecule is COc1cc(C2CC[C@H](c3ccc(OCC(=O)c4ccc(F)c(F)c4)c(OC)c3)C2)ccc1OCC(=O)c1ccc(F)c(F)c1. The summed E-state index contributed by atoms with van der Waals surface area (Å²) in [4.78, 5) is 24.9. The first-order valence-corrected chi connectivity index (χ1v) is 14.2. The fraction of sp³-hybridized carbons (Fsp3) is 0.257. The Morgan fingerprint density at radius 1 is 0.578 bits per heavy atom. The molecule has 0 amide bonds. The molecule has 10 heteroatoms. The van der Waals surface area contributed by atoms with Crippen LogP contribution in [0.3, 0.4) is 0 Å². The molecule has 0 heterocycles. The molecule has 4 aromatic rings. The third kappa shape index (κ3) is 7.28. The highest BCUT2D eigenvalue weighted by Gasteiger charge is 2.28. The van der Waals surface area contributed by atoms with Crippen molar-refractivity contribution < 1.29 is 46.1 Å². The Bertz CT molecular complexity index is 1600. The minimum atomic E-state index is -1.10. The van der Waals surface area contributed by atoms with Gasteiger partial charge in [-0.2, -0.15) is 0 Å². The van der Waals surface area contributed by atoms with Crippen LogP contribution >= 0.6 is 0 Å². The van der Waals surface area contributed by atoms with Crippen molar-refractivity contribution in [2.24, 2.45) is 0 Å². The molecule has 6 nitrogen and oxygen atoms in total. The maximum absolute atomic E-state index is 13.5. The van der Waals surface area contributed by atoms with Crippen LogP contribution in [0, 0.1) is 23.3 Å². The van der Waals surface area contributed by atoms with Crippen molar-refractivity contribution in [2.45, 2.75) is 31.1 Å². The molecule has 0 saturated heterocycles. The summed E-state index contributed by atoms with van der Waals surface area (Å²) in [6, 6.07) is 17.0. The molecule has 1 aliphatic carbocycles. The maximum Gasteiger partial charge on any atom is 0.200 e. The molecule has 0 radical (unpaired) electrons. The van der Waals surface area contributed by atoms with Crippen LogP contribution in [0.1, 0.15) is 62.9 Å². The molecule has 0 aromatic heterocycles. The van der Waals surface area contributed by atoms with Crippen molar-refractivity contribution in [2.75, 3.05) is 27.4 Å². The molecule has 45 heavy (non-hydrogen) atoms. The summed E-state index contributed by atoms with van der Waals surface area (Å²) < 4.78 is 75.8. The van der Waals surface area contributed by atoms with E-state index < -0.39 is 34.8 Å². The number of hydrogen-bond acceptors (Lipinski definition) is 6. The number of ketones is 2. The second-order valence-corrected chi connectivity index (χ2v) is 10.7. The lowest BCUT2D eigenvalue weighted by atomic mass is 9.92. The number of methoxy groups -OCH3 is 2. The van der Waals surface area contributed by atoms with Gasteiger partial charge in [0, 0.05) is 11.1 Å². The van der Waals surface area contributed by atoms with E-state index in [9.17, 15) is 27.2 Å². The highest BCUT2D eigenvalue weighted by Crippen LogP contribution is 2.46. The molecule has 1 fully saturated rings. The van der Waals surface area contributed by atoms with Crippen LogP contribution in [-0.2, 0) is 0 Å². The number of benzene rings is 4. The first kappa shape index (κ1) is 31.6. The molecule has 0 bridgehead atoms. The minimum absolute atomic E-state index is 0.00730. The molecule has 2 atom stereocenters. The Balaban J connectivity index is 1.20. The molecule has 1 aliphatic rings. The van der Waals surface area contributed by atoms with E-state index in [4.69, 9.17) is 18.9 Å². The lowest BCUT2D eigenvalue weighted by molar-refractivity contribution is 0.0912. The van der Waals surface area contributed by atoms with E-state index in [1.165, 1.54) is 26.4 Å². The van der Waals surface area contributed by atoms with E-state index >= 15 is 0 Å². The quantitative estimate of drug-likeness (QED) is 0.119. The molecular formula is C35H30F4O6. The second-order valence-electron chi connectivity index (χ2n) is 10.7. The van der Waals surface area contributed by atoms with Crippen LogP contribution in [0.4, 0.5) is 17.6 Å². The van der Waals surface area contributed by atoms with Gasteiger partial charge in [0.25, 0.3) is 0 Å². The highest BCUT2D eigenvalue weighted by molar-refractivity contribution is 5.97. The predicted octanol–water partition coefficient (Wildman–Crippen LogP) is 7.83. The number of rotatable bonds is 12. The molecular weight excluding hydrogens is 592 g/mol. The van der Waals surface area contributed by atoms with Crippen LogP contribution in [0.25, 0.3) is 0 Å². The molecule has 1 unspecified atom stereocenters. The van der Waals surface area contributed by atoms with Gasteiger partial charge in [0.15, 0.2) is 71.0 Å². The van der Waals surface area contributed by atoms with Gasteiger partial charge in [0.1, 0.15) is 0 Å². The average molecular weight is 623 g/mol. The Hall–Kier alpha value is -4.86. The van der Waals surface area contributed by atoms with Gasteiger partial charge in [-0.3, -0.25) is 9.59 Å². The summed E-state index contributed by atoms with van der Waals surface area (Å²) in [6.07, 6.45) is 2.70. The predicted molar refractivity (Wildman–Crippen MR) is 158 cm³/mol. The number of halogens is 4. The zero-order valence-electron chi connectivity index (χ0n) is 24.6. The second kappa shape index (κ2) is 13.8. The van der Waals surface area contributed by atoms with Crippen LogP contribution < -0.4 is 18.9 Å². The third-order valence-corrected chi connectivity index (χ3v) is 7.95. The lowest BCUT2D eigenvalue weighted by Gasteiger charge is -2.17. The topological polar surface area (TPSA) is 71.1 Å². The van der Waals surface area contributed by atoms with Gasteiger partial charge in [-0.15, -0.1) is 0 Å². The van der Waals surface area contributed by atoms with E-state index in [1.54, 1.807) is 12.1 Å². The van der Waals surface area contributed by atoms with E-state index in [2.05, 4.69) is 0 Å². The summed E-state index contributed by atoms with van der Waals surface area (Å²) in [5.74, 6) is -3.18. The van der Waals surface area contributed by atoms with Crippen LogP contribution in [0.15, 0.2) is 72.8 Å². The monoisotopic (exact) mass is 622 g/mol. The largest absolute Gasteiger partial charge is 0.493 e. The van der Waals surface area contributed by atoms with Crippen molar-refractivity contribution in [3.63, 3.8) is 0 Å². The summed E-state index contributed by atoms with van der Waals surface area (Å²) in [5, 5.41) is 0. The van der Waals surface area contributed by atoms with E-state index in [0.29, 0.717) is 23.0 Å². The van der Waals surface area contributed by atoms with Gasteiger partial charge in [-0.05, 0) is 103 Å². The number of Topliss-reactive ketones (excluding diaryl/α,β-unsaturated/α-hetero) is 2. The minimum Gasteiger partial charge on any atom is -0.493 e. The van der Waals surface area contributed by atoms with Gasteiger partial charge in [-0.25, -0.2) is 17.6 Å². The highest BCUT2D eigenvalue weighted by atomic mass is 19.2. The van der Waals surface area contributed by atoms with Gasteiger partial charge in [0.2, 0.25) is 0 Å². The maximum atomic E-state index is 13.5. The lowest BCUT2D eigenvalue weighted by Crippen LogP contribution is -2.12. The zero-order chi connectivity index (χ0) is 32.1. The van der Waals surface area contributed by atoms with Gasteiger partial charge < -0.3 is 18.9 Å². The van der Waals surface area contributed by atoms with Crippen molar-refractivity contribution in [3.05, 3.63) is 118 Å². The molecule has 0 spiro atoms. The Morgan fingerprint density at radius 2 is 1.00 bits per heavy atom. The van der Waals surface area contributed by atoms with E-state index in [0.717, 1.165) is 54.7 Å². The smallest absolute Gasteiger partial charge is 0.200 e. The Kier molecular flexibility index (Phi) is 9.71. The van der Waals surface area contributed by atoms with E-state index in [-0.39, 0.29) is 36.2 Å². The fourth-order valence-electron chi connectivity index (χ4n) is 5.49. The van der Waals surface area contributed by atoms with Crippen molar-refractivity contribution in [1.82, 2.24) is 0 Å². The van der Waals surface area contributed by atoms with E-state index in [1.807, 2.05) is 24.3 Å². The molecule has 5 rings (SSSR count). The van der Waals surface area contributed by atoms with Gasteiger partial charge >= 0.3 is 0 Å². The van der Waals surface area contributed by atoms with Gasteiger partial charge in [0.05, 0.1) is 14.2 Å². The standard InChI is InChI=1S/C35H30F4O6/c1-42-34-16-22(7-11-32(34)44-18-30(40)24-5-9-26(36)28(38)14-24)20-3-4-21(13-20)23-8-12-33(35(17-23)43-2)45-19-31(41)25-6-10-27(37)29(39)15-25/h5-12,14-17,20-21H,3-4,13,18-19H2,1-2H3/t20-,21?/m0/s1. The third-order valence-electron chi connectivity index (χ3n) is 7.95. The molecule has 0 N–H and O–H groups in total. The summed E-state index contributed by atoms with van der Waals surface area (Å²) in [5.41, 5.74) is 2.12. The summed E-state index contributed by atoms with van der Waals surface area (Å²) in [6.45, 7) is -0.737. The number of hydrogen-bond donors (Lipinski definition) is 0. The normalized spacial score (nSPS) is 15.9. The van der Waals surface area contributed by atoms with Crippen LogP contribution in [0.5, 0.6) is 23.0 Å². The first-order valence-electron chi connectivity index (χ1n) is 14.2. The number of carbonyl (C=O) groups is 2. The zero-order valence-corrected chi connectivity index (χ0v) is 24.6. The molecule has 0 aliphatic heterocycles. The first-order chi connectivity index (χ1) is 21.7. The van der Waals surface area contributed by atoms with Crippen LogP contribution in [0.2, 0.25) is 0 Å². The number of ether oxygens (including phenoxy) is 4. The molecule has 1 saturated carbocycles. The average Bonchev–Trinajstić information content (AvgIpc) is 3.55. The van der Waals surface area contributed by atoms with Crippen molar-refractivity contribution in [3.8, 4) is 23.0 Å². The fourth-order valence-corrected chi connectivity index (χ4v) is 5.49. The molecule has 4 aromatic carbocycles. The summed E-state index contributed by atoms with van der Waals surface area (Å²) in [7, 11) is 3.00. The van der Waals surface area contributed by atoms with Crippen molar-refractivity contribution in [1.29, 1.82) is 0 Å². The Labute approximate surface area is 257 Å². The van der Waals surface area contributed by atoms with Gasteiger partial charge in [-0.1, -0.05) is 12.1 Å². The molecule has 234 valence electrons. The summed E-state index contributed by atoms with van der Waals surface area (Å²) >= 11 is 0.